The van der Waals surface area contributed by atoms with E-state index in [-0.39, 0.29) is 11.0 Å². The first-order chi connectivity index (χ1) is 14.2. The summed E-state index contributed by atoms with van der Waals surface area (Å²) in [7, 11) is 1.34. The number of hydrogen-bond acceptors (Lipinski definition) is 7. The van der Waals surface area contributed by atoms with Crippen LogP contribution < -0.4 is 0 Å². The van der Waals surface area contributed by atoms with Crippen molar-refractivity contribution in [1.29, 1.82) is 0 Å². The van der Waals surface area contributed by atoms with Gasteiger partial charge in [0, 0.05) is 5.69 Å². The number of aromatic nitrogens is 3. The van der Waals surface area contributed by atoms with E-state index in [4.69, 9.17) is 9.15 Å². The van der Waals surface area contributed by atoms with E-state index in [9.17, 15) is 4.79 Å². The molecule has 3 heterocycles. The summed E-state index contributed by atoms with van der Waals surface area (Å²) in [5.41, 5.74) is 1.04. The molecule has 0 bridgehead atoms. The quantitative estimate of drug-likeness (QED) is 0.427. The van der Waals surface area contributed by atoms with Crippen molar-refractivity contribution in [1.82, 2.24) is 19.7 Å². The van der Waals surface area contributed by atoms with Crippen molar-refractivity contribution >= 4 is 17.7 Å². The van der Waals surface area contributed by atoms with Gasteiger partial charge >= 0.3 is 5.97 Å². The van der Waals surface area contributed by atoms with Crippen LogP contribution in [0.4, 0.5) is 0 Å². The summed E-state index contributed by atoms with van der Waals surface area (Å²) in [6, 6.07) is 13.6. The Morgan fingerprint density at radius 3 is 2.66 bits per heavy atom. The molecule has 0 aliphatic carbocycles. The smallest absolute Gasteiger partial charge is 0.373 e. The molecule has 0 N–H and O–H groups in total. The molecule has 1 unspecified atom stereocenters. The van der Waals surface area contributed by atoms with Gasteiger partial charge in [0.05, 0.1) is 18.9 Å². The number of furan rings is 1. The molecule has 29 heavy (non-hydrogen) atoms. The van der Waals surface area contributed by atoms with E-state index in [1.807, 2.05) is 25.1 Å². The third-order valence-electron chi connectivity index (χ3n) is 4.97. The molecule has 0 saturated carbocycles. The number of benzene rings is 1. The summed E-state index contributed by atoms with van der Waals surface area (Å²) in [6.07, 6.45) is 2.47. The maximum Gasteiger partial charge on any atom is 0.373 e. The molecule has 8 heteroatoms. The molecule has 4 rings (SSSR count). The fourth-order valence-corrected chi connectivity index (χ4v) is 4.42. The lowest BCUT2D eigenvalue weighted by Crippen LogP contribution is -2.21. The van der Waals surface area contributed by atoms with Crippen molar-refractivity contribution in [3.8, 4) is 5.69 Å². The van der Waals surface area contributed by atoms with Gasteiger partial charge in [-0.3, -0.25) is 9.47 Å². The van der Waals surface area contributed by atoms with Crippen LogP contribution in [0.2, 0.25) is 0 Å². The topological polar surface area (TPSA) is 73.4 Å². The Balaban J connectivity index is 1.60. The van der Waals surface area contributed by atoms with Crippen molar-refractivity contribution in [2.75, 3.05) is 20.2 Å². The monoisotopic (exact) mass is 412 g/mol. The number of carbonyl (C=O) groups is 1. The van der Waals surface area contributed by atoms with Crippen molar-refractivity contribution in [3.63, 3.8) is 0 Å². The van der Waals surface area contributed by atoms with Crippen LogP contribution in [-0.4, -0.2) is 45.8 Å². The maximum atomic E-state index is 11.7. The van der Waals surface area contributed by atoms with E-state index < -0.39 is 5.97 Å². The van der Waals surface area contributed by atoms with Crippen LogP contribution >= 0.6 is 11.8 Å². The normalized spacial score (nSPS) is 15.5. The summed E-state index contributed by atoms with van der Waals surface area (Å²) in [5.74, 6) is 1.35. The van der Waals surface area contributed by atoms with Crippen molar-refractivity contribution in [2.45, 2.75) is 36.7 Å². The summed E-state index contributed by atoms with van der Waals surface area (Å²) in [5, 5.41) is 9.73. The summed E-state index contributed by atoms with van der Waals surface area (Å²) in [4.78, 5) is 14.1. The number of thioether (sulfide) groups is 1. The molecule has 1 aliphatic heterocycles. The minimum atomic E-state index is -0.478. The first-order valence-corrected chi connectivity index (χ1v) is 10.6. The Morgan fingerprint density at radius 1 is 1.17 bits per heavy atom. The van der Waals surface area contributed by atoms with E-state index in [1.165, 1.54) is 20.0 Å². The third kappa shape index (κ3) is 4.38. The minimum absolute atomic E-state index is 0.0419. The Bertz CT molecular complexity index is 963. The number of hydrogen-bond donors (Lipinski definition) is 0. The molecule has 1 fully saturated rings. The number of esters is 1. The second kappa shape index (κ2) is 8.84. The van der Waals surface area contributed by atoms with Gasteiger partial charge in [-0.05, 0) is 57.1 Å². The van der Waals surface area contributed by atoms with Crippen LogP contribution in [0, 0.1) is 0 Å². The number of rotatable bonds is 7. The second-order valence-corrected chi connectivity index (χ2v) is 8.31. The molecule has 1 aromatic carbocycles. The van der Waals surface area contributed by atoms with Crippen LogP contribution in [-0.2, 0) is 11.3 Å². The number of ether oxygens (including phenoxy) is 1. The molecule has 0 amide bonds. The van der Waals surface area contributed by atoms with Crippen molar-refractivity contribution in [3.05, 3.63) is 59.8 Å². The molecular formula is C21H24N4O3S. The highest BCUT2D eigenvalue weighted by atomic mass is 32.2. The molecule has 0 radical (unpaired) electrons. The average Bonchev–Trinajstić information content (AvgIpc) is 3.50. The fraction of sp³-hybridized carbons (Fsp3) is 0.381. The Kier molecular flexibility index (Phi) is 6.01. The number of likely N-dealkylation sites (tertiary alicyclic amines) is 1. The highest BCUT2D eigenvalue weighted by Crippen LogP contribution is 2.36. The molecule has 1 atom stereocenters. The number of nitrogens with zero attached hydrogens (tertiary/aromatic N) is 4. The zero-order chi connectivity index (χ0) is 20.2. The van der Waals surface area contributed by atoms with Gasteiger partial charge in [-0.1, -0.05) is 30.0 Å². The lowest BCUT2D eigenvalue weighted by Gasteiger charge is -2.16. The largest absolute Gasteiger partial charge is 0.463 e. The van der Waals surface area contributed by atoms with Crippen LogP contribution in [0.1, 0.15) is 47.2 Å². The first kappa shape index (κ1) is 19.7. The van der Waals surface area contributed by atoms with Crippen LogP contribution in [0.25, 0.3) is 5.69 Å². The lowest BCUT2D eigenvalue weighted by molar-refractivity contribution is 0.0563. The molecule has 2 aromatic heterocycles. The summed E-state index contributed by atoms with van der Waals surface area (Å²) >= 11 is 1.55. The standard InChI is InChI=1S/C21H24N4O3S/c1-15(17-10-11-18(28-17)20(26)27-2)29-21-23-22-19(14-24-12-6-7-13-24)25(21)16-8-4-3-5-9-16/h3-5,8-11,15H,6-7,12-14H2,1-2H3. The van der Waals surface area contributed by atoms with Crippen molar-refractivity contribution < 1.29 is 13.9 Å². The van der Waals surface area contributed by atoms with Gasteiger partial charge in [-0.25, -0.2) is 4.79 Å². The molecule has 1 aliphatic rings. The number of carbonyl (C=O) groups excluding carboxylic acids is 1. The summed E-state index contributed by atoms with van der Waals surface area (Å²) < 4.78 is 12.5. The Morgan fingerprint density at radius 2 is 1.93 bits per heavy atom. The Labute approximate surface area is 174 Å². The van der Waals surface area contributed by atoms with E-state index in [1.54, 1.807) is 23.9 Å². The zero-order valence-corrected chi connectivity index (χ0v) is 17.4. The molecule has 0 spiro atoms. The lowest BCUT2D eigenvalue weighted by atomic mass is 10.3. The maximum absolute atomic E-state index is 11.7. The van der Waals surface area contributed by atoms with E-state index >= 15 is 0 Å². The third-order valence-corrected chi connectivity index (χ3v) is 6.04. The van der Waals surface area contributed by atoms with E-state index in [0.29, 0.717) is 5.76 Å². The minimum Gasteiger partial charge on any atom is -0.463 e. The van der Waals surface area contributed by atoms with Gasteiger partial charge < -0.3 is 9.15 Å². The highest BCUT2D eigenvalue weighted by Gasteiger charge is 2.23. The van der Waals surface area contributed by atoms with Crippen LogP contribution in [0.5, 0.6) is 0 Å². The van der Waals surface area contributed by atoms with Gasteiger partial charge in [0.2, 0.25) is 5.76 Å². The van der Waals surface area contributed by atoms with Gasteiger partial charge in [0.25, 0.3) is 0 Å². The number of methoxy groups -OCH3 is 1. The van der Waals surface area contributed by atoms with Gasteiger partial charge in [0.15, 0.2) is 11.0 Å². The summed E-state index contributed by atoms with van der Waals surface area (Å²) in [6.45, 7) is 5.01. The first-order valence-electron chi connectivity index (χ1n) is 9.72. The fourth-order valence-electron chi connectivity index (χ4n) is 3.45. The molecular weight excluding hydrogens is 388 g/mol. The number of para-hydroxylation sites is 1. The molecule has 1 saturated heterocycles. The average molecular weight is 413 g/mol. The second-order valence-electron chi connectivity index (χ2n) is 7.01. The molecule has 152 valence electrons. The predicted molar refractivity (Wildman–Crippen MR) is 110 cm³/mol. The van der Waals surface area contributed by atoms with Gasteiger partial charge in [-0.2, -0.15) is 0 Å². The SMILES string of the molecule is COC(=O)c1ccc(C(C)Sc2nnc(CN3CCCC3)n2-c2ccccc2)o1. The highest BCUT2D eigenvalue weighted by molar-refractivity contribution is 7.99. The van der Waals surface area contributed by atoms with Crippen LogP contribution in [0.15, 0.2) is 52.0 Å². The van der Waals surface area contributed by atoms with Crippen LogP contribution in [0.3, 0.4) is 0 Å². The van der Waals surface area contributed by atoms with Gasteiger partial charge in [-0.15, -0.1) is 10.2 Å². The van der Waals surface area contributed by atoms with E-state index in [2.05, 4.69) is 31.8 Å². The predicted octanol–water partition coefficient (Wildman–Crippen LogP) is 4.10. The molecule has 3 aromatic rings. The molecule has 7 nitrogen and oxygen atoms in total. The van der Waals surface area contributed by atoms with Gasteiger partial charge in [0.1, 0.15) is 5.76 Å². The zero-order valence-electron chi connectivity index (χ0n) is 16.6. The van der Waals surface area contributed by atoms with E-state index in [0.717, 1.165) is 36.3 Å². The van der Waals surface area contributed by atoms with Crippen molar-refractivity contribution in [2.24, 2.45) is 0 Å². The Hall–Kier alpha value is -2.58.